The number of ether oxygens (including phenoxy) is 1. The maximum atomic E-state index is 14.1. The van der Waals surface area contributed by atoms with Crippen LogP contribution in [0.15, 0.2) is 23.6 Å². The molecule has 1 unspecified atom stereocenters. The summed E-state index contributed by atoms with van der Waals surface area (Å²) in [5, 5.41) is 6.38. The van der Waals surface area contributed by atoms with Crippen molar-refractivity contribution in [1.82, 2.24) is 10.3 Å². The first-order valence-electron chi connectivity index (χ1n) is 6.21. The summed E-state index contributed by atoms with van der Waals surface area (Å²) in [7, 11) is 1.63. The molecule has 2 aromatic rings. The summed E-state index contributed by atoms with van der Waals surface area (Å²) in [6, 6.07) is 4.33. The zero-order chi connectivity index (χ0) is 14.5. The van der Waals surface area contributed by atoms with Crippen molar-refractivity contribution in [2.75, 3.05) is 20.3 Å². The second-order valence-corrected chi connectivity index (χ2v) is 5.64. The standard InChI is InChI=1S/C14H16ClFN2OS/c1-9-8-20-14(18-9)13(17-6-7-19-2)12-10(15)4-3-5-11(12)16/h3-5,8,13,17H,6-7H2,1-2H3. The molecular weight excluding hydrogens is 299 g/mol. The van der Waals surface area contributed by atoms with Crippen LogP contribution in [-0.4, -0.2) is 25.2 Å². The Morgan fingerprint density at radius 2 is 2.30 bits per heavy atom. The predicted octanol–water partition coefficient (Wildman–Crippen LogP) is 3.57. The van der Waals surface area contributed by atoms with Crippen molar-refractivity contribution in [3.05, 3.63) is 50.7 Å². The summed E-state index contributed by atoms with van der Waals surface area (Å²) in [5.74, 6) is -0.333. The van der Waals surface area contributed by atoms with Gasteiger partial charge in [0.1, 0.15) is 10.8 Å². The van der Waals surface area contributed by atoms with E-state index < -0.39 is 0 Å². The SMILES string of the molecule is COCCNC(c1nc(C)cs1)c1c(F)cccc1Cl. The van der Waals surface area contributed by atoms with Gasteiger partial charge in [-0.2, -0.15) is 0 Å². The number of methoxy groups -OCH3 is 1. The molecule has 1 heterocycles. The van der Waals surface area contributed by atoms with E-state index in [0.29, 0.717) is 23.7 Å². The molecule has 1 atom stereocenters. The van der Waals surface area contributed by atoms with Crippen LogP contribution in [0.25, 0.3) is 0 Å². The smallest absolute Gasteiger partial charge is 0.129 e. The molecule has 108 valence electrons. The first-order valence-corrected chi connectivity index (χ1v) is 7.47. The number of halogens is 2. The van der Waals surface area contributed by atoms with E-state index in [1.54, 1.807) is 19.2 Å². The topological polar surface area (TPSA) is 34.1 Å². The Morgan fingerprint density at radius 3 is 2.90 bits per heavy atom. The molecule has 1 N–H and O–H groups in total. The molecule has 1 aromatic carbocycles. The Hall–Kier alpha value is -1.01. The zero-order valence-corrected chi connectivity index (χ0v) is 12.9. The highest BCUT2D eigenvalue weighted by molar-refractivity contribution is 7.09. The summed E-state index contributed by atoms with van der Waals surface area (Å²) >= 11 is 7.65. The largest absolute Gasteiger partial charge is 0.383 e. The monoisotopic (exact) mass is 314 g/mol. The van der Waals surface area contributed by atoms with Gasteiger partial charge in [0.2, 0.25) is 0 Å². The molecule has 0 amide bonds. The molecule has 0 bridgehead atoms. The van der Waals surface area contributed by atoms with Gasteiger partial charge in [-0.05, 0) is 19.1 Å². The van der Waals surface area contributed by atoms with Crippen LogP contribution in [0.1, 0.15) is 22.3 Å². The van der Waals surface area contributed by atoms with Gasteiger partial charge in [-0.15, -0.1) is 11.3 Å². The summed E-state index contributed by atoms with van der Waals surface area (Å²) in [5.41, 5.74) is 1.34. The van der Waals surface area contributed by atoms with Crippen LogP contribution in [0.5, 0.6) is 0 Å². The van der Waals surface area contributed by atoms with Crippen LogP contribution in [0.3, 0.4) is 0 Å². The Balaban J connectivity index is 2.35. The summed E-state index contributed by atoms with van der Waals surface area (Å²) in [4.78, 5) is 4.44. The first kappa shape index (κ1) is 15.4. The molecule has 6 heteroatoms. The fourth-order valence-electron chi connectivity index (χ4n) is 1.91. The van der Waals surface area contributed by atoms with Crippen LogP contribution in [-0.2, 0) is 4.74 Å². The van der Waals surface area contributed by atoms with Crippen LogP contribution in [0.2, 0.25) is 5.02 Å². The Labute approximate surface area is 126 Å². The lowest BCUT2D eigenvalue weighted by Crippen LogP contribution is -2.27. The minimum Gasteiger partial charge on any atom is -0.383 e. The van der Waals surface area contributed by atoms with E-state index in [0.717, 1.165) is 10.7 Å². The van der Waals surface area contributed by atoms with Crippen molar-refractivity contribution in [3.8, 4) is 0 Å². The third-order valence-electron chi connectivity index (χ3n) is 2.83. The summed E-state index contributed by atoms with van der Waals surface area (Å²) < 4.78 is 19.1. The number of nitrogens with one attached hydrogen (secondary N) is 1. The van der Waals surface area contributed by atoms with E-state index in [1.807, 2.05) is 12.3 Å². The van der Waals surface area contributed by atoms with Gasteiger partial charge in [0.25, 0.3) is 0 Å². The average molecular weight is 315 g/mol. The third kappa shape index (κ3) is 3.55. The highest BCUT2D eigenvalue weighted by Crippen LogP contribution is 2.32. The van der Waals surface area contributed by atoms with Crippen molar-refractivity contribution in [2.45, 2.75) is 13.0 Å². The molecule has 0 saturated heterocycles. The molecule has 0 aliphatic heterocycles. The molecule has 0 saturated carbocycles. The molecule has 0 spiro atoms. The van der Waals surface area contributed by atoms with Gasteiger partial charge < -0.3 is 10.1 Å². The van der Waals surface area contributed by atoms with E-state index in [1.165, 1.54) is 17.4 Å². The fourth-order valence-corrected chi connectivity index (χ4v) is 3.06. The van der Waals surface area contributed by atoms with Crippen molar-refractivity contribution in [1.29, 1.82) is 0 Å². The van der Waals surface area contributed by atoms with E-state index >= 15 is 0 Å². The molecule has 0 aliphatic rings. The summed E-state index contributed by atoms with van der Waals surface area (Å²) in [6.07, 6.45) is 0. The number of aryl methyl sites for hydroxylation is 1. The lowest BCUT2D eigenvalue weighted by molar-refractivity contribution is 0.197. The molecule has 3 nitrogen and oxygen atoms in total. The lowest BCUT2D eigenvalue weighted by atomic mass is 10.1. The fraction of sp³-hybridized carbons (Fsp3) is 0.357. The zero-order valence-electron chi connectivity index (χ0n) is 11.3. The molecule has 2 rings (SSSR count). The second kappa shape index (κ2) is 7.13. The van der Waals surface area contributed by atoms with Gasteiger partial charge in [0.15, 0.2) is 0 Å². The van der Waals surface area contributed by atoms with E-state index in [2.05, 4.69) is 10.3 Å². The third-order valence-corrected chi connectivity index (χ3v) is 4.18. The first-order chi connectivity index (χ1) is 9.63. The van der Waals surface area contributed by atoms with Crippen molar-refractivity contribution >= 4 is 22.9 Å². The lowest BCUT2D eigenvalue weighted by Gasteiger charge is -2.18. The summed E-state index contributed by atoms with van der Waals surface area (Å²) in [6.45, 7) is 3.03. The van der Waals surface area contributed by atoms with Crippen LogP contribution in [0, 0.1) is 12.7 Å². The number of benzene rings is 1. The van der Waals surface area contributed by atoms with E-state index in [-0.39, 0.29) is 11.9 Å². The average Bonchev–Trinajstić information content (AvgIpc) is 2.83. The molecule has 0 fully saturated rings. The van der Waals surface area contributed by atoms with Crippen molar-refractivity contribution in [2.24, 2.45) is 0 Å². The van der Waals surface area contributed by atoms with Crippen molar-refractivity contribution in [3.63, 3.8) is 0 Å². The van der Waals surface area contributed by atoms with Crippen LogP contribution >= 0.6 is 22.9 Å². The number of thiazole rings is 1. The minimum atomic E-state index is -0.363. The molecule has 1 aromatic heterocycles. The number of hydrogen-bond donors (Lipinski definition) is 1. The maximum Gasteiger partial charge on any atom is 0.129 e. The molecular formula is C14H16ClFN2OS. The van der Waals surface area contributed by atoms with Crippen LogP contribution in [0.4, 0.5) is 4.39 Å². The highest BCUT2D eigenvalue weighted by Gasteiger charge is 2.23. The number of rotatable bonds is 6. The number of hydrogen-bond acceptors (Lipinski definition) is 4. The predicted molar refractivity (Wildman–Crippen MR) is 80.0 cm³/mol. The van der Waals surface area contributed by atoms with Gasteiger partial charge in [0.05, 0.1) is 12.6 Å². The minimum absolute atomic E-state index is 0.333. The van der Waals surface area contributed by atoms with Gasteiger partial charge in [-0.25, -0.2) is 9.37 Å². The Kier molecular flexibility index (Phi) is 5.48. The van der Waals surface area contributed by atoms with Gasteiger partial charge in [-0.3, -0.25) is 0 Å². The second-order valence-electron chi connectivity index (χ2n) is 4.34. The Morgan fingerprint density at radius 1 is 1.50 bits per heavy atom. The van der Waals surface area contributed by atoms with E-state index in [9.17, 15) is 4.39 Å². The normalized spacial score (nSPS) is 12.6. The van der Waals surface area contributed by atoms with Gasteiger partial charge in [0, 0.05) is 35.3 Å². The molecule has 0 radical (unpaired) electrons. The molecule has 0 aliphatic carbocycles. The number of nitrogens with zero attached hydrogens (tertiary/aromatic N) is 1. The van der Waals surface area contributed by atoms with Gasteiger partial charge >= 0.3 is 0 Å². The van der Waals surface area contributed by atoms with Crippen molar-refractivity contribution < 1.29 is 9.13 Å². The van der Waals surface area contributed by atoms with E-state index in [4.69, 9.17) is 16.3 Å². The van der Waals surface area contributed by atoms with Crippen LogP contribution < -0.4 is 5.32 Å². The molecule has 20 heavy (non-hydrogen) atoms. The highest BCUT2D eigenvalue weighted by atomic mass is 35.5. The number of aromatic nitrogens is 1. The van der Waals surface area contributed by atoms with Gasteiger partial charge in [-0.1, -0.05) is 17.7 Å². The maximum absolute atomic E-state index is 14.1. The quantitative estimate of drug-likeness (QED) is 0.828. The Bertz CT molecular complexity index is 556.